The Hall–Kier alpha value is -2.20. The van der Waals surface area contributed by atoms with E-state index in [0.29, 0.717) is 5.13 Å². The van der Waals surface area contributed by atoms with Gasteiger partial charge in [-0.2, -0.15) is 0 Å². The number of rotatable bonds is 2. The van der Waals surface area contributed by atoms with Crippen LogP contribution in [0.3, 0.4) is 0 Å². The van der Waals surface area contributed by atoms with Crippen molar-refractivity contribution in [2.75, 3.05) is 5.73 Å². The van der Waals surface area contributed by atoms with E-state index in [2.05, 4.69) is 11.1 Å². The van der Waals surface area contributed by atoms with Crippen molar-refractivity contribution >= 4 is 32.5 Å². The number of aromatic nitrogens is 1. The van der Waals surface area contributed by atoms with Crippen molar-refractivity contribution in [1.29, 1.82) is 0 Å². The van der Waals surface area contributed by atoms with Crippen LogP contribution in [-0.2, 0) is 0 Å². The van der Waals surface area contributed by atoms with Gasteiger partial charge in [0.05, 0.1) is 10.2 Å². The second-order valence-electron chi connectivity index (χ2n) is 4.37. The van der Waals surface area contributed by atoms with Crippen LogP contribution in [0.15, 0.2) is 42.5 Å². The highest BCUT2D eigenvalue weighted by molar-refractivity contribution is 7.22. The second kappa shape index (κ2) is 4.48. The summed E-state index contributed by atoms with van der Waals surface area (Å²) >= 11 is 1.47. The van der Waals surface area contributed by atoms with E-state index < -0.39 is 0 Å². The first kappa shape index (κ1) is 11.9. The number of Topliss-reactive ketones (excluding diaryl/α,β-unsaturated/α-hetero) is 1. The van der Waals surface area contributed by atoms with Crippen molar-refractivity contribution in [1.82, 2.24) is 4.98 Å². The molecule has 0 unspecified atom stereocenters. The van der Waals surface area contributed by atoms with E-state index in [-0.39, 0.29) is 5.78 Å². The predicted molar refractivity (Wildman–Crippen MR) is 79.5 cm³/mol. The van der Waals surface area contributed by atoms with E-state index in [1.165, 1.54) is 11.3 Å². The Balaban J connectivity index is 2.12. The average molecular weight is 268 g/mol. The quantitative estimate of drug-likeness (QED) is 0.720. The molecule has 0 aliphatic heterocycles. The van der Waals surface area contributed by atoms with Crippen LogP contribution in [0.4, 0.5) is 5.13 Å². The monoisotopic (exact) mass is 268 g/mol. The minimum Gasteiger partial charge on any atom is -0.375 e. The fraction of sp³-hybridized carbons (Fsp3) is 0.0667. The molecule has 0 amide bonds. The number of nitrogens with two attached hydrogens (primary N) is 1. The first-order valence-electron chi connectivity index (χ1n) is 5.91. The first-order chi connectivity index (χ1) is 9.13. The van der Waals surface area contributed by atoms with Gasteiger partial charge < -0.3 is 5.73 Å². The number of anilines is 1. The lowest BCUT2D eigenvalue weighted by atomic mass is 10.0. The number of carbonyl (C=O) groups is 1. The molecule has 2 N–H and O–H groups in total. The SMILES string of the molecule is CC(=O)c1cccc(-c2ccc3nc(N)sc3c2)c1. The molecule has 0 aliphatic carbocycles. The molecule has 2 aromatic carbocycles. The highest BCUT2D eigenvalue weighted by Gasteiger charge is 2.06. The molecule has 0 saturated carbocycles. The first-order valence-corrected chi connectivity index (χ1v) is 6.72. The molecule has 3 rings (SSSR count). The molecular formula is C15H12N2OS. The van der Waals surface area contributed by atoms with Crippen molar-refractivity contribution < 1.29 is 4.79 Å². The van der Waals surface area contributed by atoms with Crippen LogP contribution < -0.4 is 5.73 Å². The highest BCUT2D eigenvalue weighted by Crippen LogP contribution is 2.29. The molecule has 0 spiro atoms. The summed E-state index contributed by atoms with van der Waals surface area (Å²) in [6.07, 6.45) is 0. The van der Waals surface area contributed by atoms with Crippen LogP contribution in [0, 0.1) is 0 Å². The summed E-state index contributed by atoms with van der Waals surface area (Å²) in [5, 5.41) is 0.574. The molecule has 3 nitrogen and oxygen atoms in total. The Bertz CT molecular complexity index is 777. The highest BCUT2D eigenvalue weighted by atomic mass is 32.1. The van der Waals surface area contributed by atoms with E-state index in [1.54, 1.807) is 6.92 Å². The van der Waals surface area contributed by atoms with Gasteiger partial charge in [-0.1, -0.05) is 35.6 Å². The van der Waals surface area contributed by atoms with E-state index in [9.17, 15) is 4.79 Å². The maximum Gasteiger partial charge on any atom is 0.181 e. The number of ketones is 1. The molecule has 1 heterocycles. The van der Waals surface area contributed by atoms with Gasteiger partial charge >= 0.3 is 0 Å². The van der Waals surface area contributed by atoms with Gasteiger partial charge in [-0.3, -0.25) is 4.79 Å². The third-order valence-electron chi connectivity index (χ3n) is 3.01. The number of benzene rings is 2. The topological polar surface area (TPSA) is 56.0 Å². The lowest BCUT2D eigenvalue weighted by Gasteiger charge is -2.03. The van der Waals surface area contributed by atoms with Gasteiger partial charge in [-0.15, -0.1) is 0 Å². The van der Waals surface area contributed by atoms with Gasteiger partial charge in [0.2, 0.25) is 0 Å². The van der Waals surface area contributed by atoms with Gasteiger partial charge in [0.15, 0.2) is 10.9 Å². The largest absolute Gasteiger partial charge is 0.375 e. The van der Waals surface area contributed by atoms with Crippen molar-refractivity contribution in [2.24, 2.45) is 0 Å². The predicted octanol–water partition coefficient (Wildman–Crippen LogP) is 3.75. The molecule has 0 saturated heterocycles. The Morgan fingerprint density at radius 1 is 1.16 bits per heavy atom. The molecule has 0 atom stereocenters. The Morgan fingerprint density at radius 2 is 1.95 bits per heavy atom. The Kier molecular flexibility index (Phi) is 2.80. The molecule has 1 aromatic heterocycles. The van der Waals surface area contributed by atoms with Gasteiger partial charge in [-0.25, -0.2) is 4.98 Å². The van der Waals surface area contributed by atoms with Crippen LogP contribution >= 0.6 is 11.3 Å². The lowest BCUT2D eigenvalue weighted by Crippen LogP contribution is -1.91. The smallest absolute Gasteiger partial charge is 0.181 e. The number of fused-ring (bicyclic) bond motifs is 1. The molecule has 3 aromatic rings. The normalized spacial score (nSPS) is 10.8. The number of nitrogen functional groups attached to an aromatic ring is 1. The van der Waals surface area contributed by atoms with Crippen LogP contribution in [0.2, 0.25) is 0 Å². The standard InChI is InChI=1S/C15H12N2OS/c1-9(18)10-3-2-4-11(7-10)12-5-6-13-14(8-12)19-15(16)17-13/h2-8H,1H3,(H2,16,17). The summed E-state index contributed by atoms with van der Waals surface area (Å²) in [4.78, 5) is 15.7. The van der Waals surface area contributed by atoms with Crippen molar-refractivity contribution in [3.05, 3.63) is 48.0 Å². The van der Waals surface area contributed by atoms with E-state index >= 15 is 0 Å². The van der Waals surface area contributed by atoms with E-state index in [1.807, 2.05) is 36.4 Å². The van der Waals surface area contributed by atoms with E-state index in [4.69, 9.17) is 5.73 Å². The number of carbonyl (C=O) groups excluding carboxylic acids is 1. The third-order valence-corrected chi connectivity index (χ3v) is 3.85. The van der Waals surface area contributed by atoms with Crippen LogP contribution in [0.5, 0.6) is 0 Å². The zero-order valence-corrected chi connectivity index (χ0v) is 11.2. The molecule has 0 bridgehead atoms. The third kappa shape index (κ3) is 2.22. The average Bonchev–Trinajstić information content (AvgIpc) is 2.77. The Morgan fingerprint density at radius 3 is 2.74 bits per heavy atom. The molecule has 94 valence electrons. The number of nitrogens with zero attached hydrogens (tertiary/aromatic N) is 1. The Labute approximate surface area is 114 Å². The summed E-state index contributed by atoms with van der Waals surface area (Å²) in [6.45, 7) is 1.58. The fourth-order valence-corrected chi connectivity index (χ4v) is 2.81. The molecule has 19 heavy (non-hydrogen) atoms. The zero-order chi connectivity index (χ0) is 13.4. The molecule has 4 heteroatoms. The van der Waals surface area contributed by atoms with Crippen molar-refractivity contribution in [3.63, 3.8) is 0 Å². The van der Waals surface area contributed by atoms with Gasteiger partial charge in [0.25, 0.3) is 0 Å². The maximum absolute atomic E-state index is 11.4. The molecule has 0 aliphatic rings. The van der Waals surface area contributed by atoms with Gasteiger partial charge in [0, 0.05) is 5.56 Å². The minimum absolute atomic E-state index is 0.0740. The second-order valence-corrected chi connectivity index (χ2v) is 5.43. The van der Waals surface area contributed by atoms with Crippen molar-refractivity contribution in [2.45, 2.75) is 6.92 Å². The minimum atomic E-state index is 0.0740. The van der Waals surface area contributed by atoms with Crippen LogP contribution in [0.1, 0.15) is 17.3 Å². The number of hydrogen-bond acceptors (Lipinski definition) is 4. The van der Waals surface area contributed by atoms with Gasteiger partial charge in [-0.05, 0) is 36.2 Å². The molecule has 0 fully saturated rings. The summed E-state index contributed by atoms with van der Waals surface area (Å²) in [5.41, 5.74) is 9.44. The lowest BCUT2D eigenvalue weighted by molar-refractivity contribution is 0.101. The number of thiazole rings is 1. The molecule has 0 radical (unpaired) electrons. The summed E-state index contributed by atoms with van der Waals surface area (Å²) in [6, 6.07) is 13.7. The van der Waals surface area contributed by atoms with E-state index in [0.717, 1.165) is 26.9 Å². The fourth-order valence-electron chi connectivity index (χ4n) is 2.04. The van der Waals surface area contributed by atoms with Crippen LogP contribution in [-0.4, -0.2) is 10.8 Å². The summed E-state index contributed by atoms with van der Waals surface area (Å²) in [7, 11) is 0. The maximum atomic E-state index is 11.4. The summed E-state index contributed by atoms with van der Waals surface area (Å²) in [5.74, 6) is 0.0740. The summed E-state index contributed by atoms with van der Waals surface area (Å²) < 4.78 is 1.06. The molecular weight excluding hydrogens is 256 g/mol. The van der Waals surface area contributed by atoms with Crippen molar-refractivity contribution in [3.8, 4) is 11.1 Å². The number of hydrogen-bond donors (Lipinski definition) is 1. The van der Waals surface area contributed by atoms with Crippen LogP contribution in [0.25, 0.3) is 21.3 Å². The zero-order valence-electron chi connectivity index (χ0n) is 10.4. The van der Waals surface area contributed by atoms with Gasteiger partial charge in [0.1, 0.15) is 0 Å².